The average molecular weight is 518 g/mol. The highest BCUT2D eigenvalue weighted by atomic mass is 79.9. The fourth-order valence-corrected chi connectivity index (χ4v) is 5.56. The van der Waals surface area contributed by atoms with Gasteiger partial charge < -0.3 is 0 Å². The molecular formula is C21H14BrClN4OS2. The Hall–Kier alpha value is -2.13. The smallest absolute Gasteiger partial charge is 0.271 e. The summed E-state index contributed by atoms with van der Waals surface area (Å²) in [6, 6.07) is 17.6. The Bertz CT molecular complexity index is 1430. The molecule has 0 fully saturated rings. The van der Waals surface area contributed by atoms with Crippen molar-refractivity contribution in [3.63, 3.8) is 0 Å². The summed E-state index contributed by atoms with van der Waals surface area (Å²) in [6.07, 6.45) is 0. The number of halogens is 2. The predicted molar refractivity (Wildman–Crippen MR) is 127 cm³/mol. The van der Waals surface area contributed by atoms with Gasteiger partial charge in [0, 0.05) is 15.2 Å². The lowest BCUT2D eigenvalue weighted by atomic mass is 10.2. The van der Waals surface area contributed by atoms with Crippen molar-refractivity contribution in [3.05, 3.63) is 91.0 Å². The Morgan fingerprint density at radius 2 is 1.90 bits per heavy atom. The molecule has 2 aromatic carbocycles. The summed E-state index contributed by atoms with van der Waals surface area (Å²) in [6.45, 7) is 0.405. The van der Waals surface area contributed by atoms with Crippen LogP contribution >= 0.6 is 50.6 Å². The summed E-state index contributed by atoms with van der Waals surface area (Å²) >= 11 is 12.6. The molecule has 0 N–H and O–H groups in total. The highest BCUT2D eigenvalue weighted by molar-refractivity contribution is 9.10. The monoisotopic (exact) mass is 516 g/mol. The maximum Gasteiger partial charge on any atom is 0.273 e. The maximum absolute atomic E-state index is 13.2. The number of thiophene rings is 1. The third-order valence-corrected chi connectivity index (χ3v) is 7.33. The minimum absolute atomic E-state index is 0.0570. The van der Waals surface area contributed by atoms with Crippen LogP contribution in [0.1, 0.15) is 11.1 Å². The van der Waals surface area contributed by atoms with Crippen LogP contribution in [0.5, 0.6) is 0 Å². The van der Waals surface area contributed by atoms with Crippen LogP contribution in [0.4, 0.5) is 0 Å². The van der Waals surface area contributed by atoms with Gasteiger partial charge in [-0.2, -0.15) is 0 Å². The van der Waals surface area contributed by atoms with E-state index < -0.39 is 0 Å². The molecule has 0 saturated carbocycles. The number of thioether (sulfide) groups is 1. The average Bonchev–Trinajstić information content (AvgIpc) is 3.38. The van der Waals surface area contributed by atoms with Crippen molar-refractivity contribution in [1.82, 2.24) is 19.2 Å². The van der Waals surface area contributed by atoms with Gasteiger partial charge in [0.2, 0.25) is 5.78 Å². The number of aromatic nitrogens is 4. The molecule has 5 nitrogen and oxygen atoms in total. The second kappa shape index (κ2) is 8.19. The van der Waals surface area contributed by atoms with Crippen LogP contribution in [-0.4, -0.2) is 19.2 Å². The van der Waals surface area contributed by atoms with Gasteiger partial charge in [0.25, 0.3) is 5.56 Å². The first kappa shape index (κ1) is 19.8. The van der Waals surface area contributed by atoms with Crippen molar-refractivity contribution in [1.29, 1.82) is 0 Å². The molecule has 0 saturated heterocycles. The number of fused-ring (bicyclic) bond motifs is 3. The first-order valence-electron chi connectivity index (χ1n) is 9.07. The molecule has 0 aliphatic carbocycles. The highest BCUT2D eigenvalue weighted by Crippen LogP contribution is 2.27. The molecule has 0 bridgehead atoms. The van der Waals surface area contributed by atoms with Crippen molar-refractivity contribution in [2.45, 2.75) is 17.5 Å². The Labute approximate surface area is 193 Å². The summed E-state index contributed by atoms with van der Waals surface area (Å²) in [7, 11) is 0. The standard InChI is InChI=1S/C21H14BrClN4OS2/c22-15-3-1-2-14(10-15)12-30-21-25-24-20-26(11-13-4-6-16(23)7-5-13)19(28)18-17(27(20)21)8-9-29-18/h1-10H,11-12H2. The van der Waals surface area contributed by atoms with Gasteiger partial charge in [-0.3, -0.25) is 13.8 Å². The van der Waals surface area contributed by atoms with E-state index in [1.165, 1.54) is 16.9 Å². The third-order valence-electron chi connectivity index (χ3n) is 4.69. The SMILES string of the molecule is O=c1c2sccc2n2c(SCc3cccc(Br)c3)nnc2n1Cc1ccc(Cl)cc1. The van der Waals surface area contributed by atoms with Gasteiger partial charge in [0.15, 0.2) is 5.16 Å². The van der Waals surface area contributed by atoms with E-state index in [4.69, 9.17) is 11.6 Å². The van der Waals surface area contributed by atoms with E-state index in [-0.39, 0.29) is 5.56 Å². The van der Waals surface area contributed by atoms with Gasteiger partial charge in [-0.1, -0.05) is 63.6 Å². The zero-order valence-electron chi connectivity index (χ0n) is 15.5. The molecule has 0 amide bonds. The van der Waals surface area contributed by atoms with E-state index in [9.17, 15) is 4.79 Å². The van der Waals surface area contributed by atoms with Crippen LogP contribution in [0.15, 0.2) is 74.4 Å². The number of benzene rings is 2. The zero-order valence-corrected chi connectivity index (χ0v) is 19.4. The summed E-state index contributed by atoms with van der Waals surface area (Å²) in [5, 5.41) is 12.1. The van der Waals surface area contributed by atoms with Gasteiger partial charge in [0.1, 0.15) is 4.70 Å². The lowest BCUT2D eigenvalue weighted by Crippen LogP contribution is -2.23. The van der Waals surface area contributed by atoms with Gasteiger partial charge in [-0.15, -0.1) is 21.5 Å². The molecule has 30 heavy (non-hydrogen) atoms. The van der Waals surface area contributed by atoms with Crippen LogP contribution in [-0.2, 0) is 12.3 Å². The normalized spacial score (nSPS) is 11.5. The van der Waals surface area contributed by atoms with Gasteiger partial charge in [-0.25, -0.2) is 0 Å². The van der Waals surface area contributed by atoms with E-state index in [1.54, 1.807) is 16.3 Å². The highest BCUT2D eigenvalue weighted by Gasteiger charge is 2.18. The maximum atomic E-state index is 13.2. The van der Waals surface area contributed by atoms with Crippen molar-refractivity contribution >= 4 is 66.6 Å². The van der Waals surface area contributed by atoms with Crippen LogP contribution < -0.4 is 5.56 Å². The van der Waals surface area contributed by atoms with E-state index in [1.807, 2.05) is 52.2 Å². The van der Waals surface area contributed by atoms with Crippen LogP contribution in [0.2, 0.25) is 5.02 Å². The number of nitrogens with zero attached hydrogens (tertiary/aromatic N) is 4. The molecule has 3 heterocycles. The third kappa shape index (κ3) is 3.69. The number of hydrogen-bond donors (Lipinski definition) is 0. The van der Waals surface area contributed by atoms with E-state index in [0.29, 0.717) is 22.0 Å². The second-order valence-corrected chi connectivity index (χ2v) is 9.90. The minimum Gasteiger partial charge on any atom is -0.271 e. The molecule has 0 radical (unpaired) electrons. The lowest BCUT2D eigenvalue weighted by Gasteiger charge is -2.10. The molecule has 0 spiro atoms. The summed E-state index contributed by atoms with van der Waals surface area (Å²) in [5.74, 6) is 1.29. The molecule has 0 atom stereocenters. The number of hydrogen-bond acceptors (Lipinski definition) is 5. The molecule has 150 valence electrons. The molecular weight excluding hydrogens is 504 g/mol. The van der Waals surface area contributed by atoms with E-state index in [2.05, 4.69) is 38.3 Å². The molecule has 0 aliphatic heterocycles. The molecule has 0 unspecified atom stereocenters. The molecule has 5 aromatic rings. The minimum atomic E-state index is -0.0570. The van der Waals surface area contributed by atoms with E-state index >= 15 is 0 Å². The first-order chi connectivity index (χ1) is 14.6. The first-order valence-corrected chi connectivity index (χ1v) is 12.1. The van der Waals surface area contributed by atoms with Crippen molar-refractivity contribution in [3.8, 4) is 0 Å². The van der Waals surface area contributed by atoms with Crippen molar-refractivity contribution < 1.29 is 0 Å². The zero-order chi connectivity index (χ0) is 20.7. The molecule has 0 aliphatic rings. The largest absolute Gasteiger partial charge is 0.273 e. The fraction of sp³-hybridized carbons (Fsp3) is 0.0952. The summed E-state index contributed by atoms with van der Waals surface area (Å²) in [5.41, 5.74) is 2.94. The topological polar surface area (TPSA) is 52.2 Å². The molecule has 5 rings (SSSR count). The fourth-order valence-electron chi connectivity index (χ4n) is 3.28. The number of rotatable bonds is 5. The molecule has 3 aromatic heterocycles. The quantitative estimate of drug-likeness (QED) is 0.274. The predicted octanol–water partition coefficient (Wildman–Crippen LogP) is 5.86. The Balaban J connectivity index is 1.59. The van der Waals surface area contributed by atoms with Gasteiger partial charge in [0.05, 0.1) is 12.1 Å². The van der Waals surface area contributed by atoms with Gasteiger partial charge >= 0.3 is 0 Å². The van der Waals surface area contributed by atoms with E-state index in [0.717, 1.165) is 26.5 Å². The second-order valence-electron chi connectivity index (χ2n) is 6.69. The Kier molecular flexibility index (Phi) is 5.41. The Morgan fingerprint density at radius 3 is 2.70 bits per heavy atom. The Morgan fingerprint density at radius 1 is 1.07 bits per heavy atom. The summed E-state index contributed by atoms with van der Waals surface area (Å²) < 4.78 is 5.40. The van der Waals surface area contributed by atoms with Crippen molar-refractivity contribution in [2.75, 3.05) is 0 Å². The summed E-state index contributed by atoms with van der Waals surface area (Å²) in [4.78, 5) is 13.2. The van der Waals surface area contributed by atoms with Crippen LogP contribution in [0.3, 0.4) is 0 Å². The van der Waals surface area contributed by atoms with Gasteiger partial charge in [-0.05, 0) is 46.8 Å². The van der Waals surface area contributed by atoms with Crippen molar-refractivity contribution in [2.24, 2.45) is 0 Å². The molecule has 9 heteroatoms. The lowest BCUT2D eigenvalue weighted by molar-refractivity contribution is 0.765. The van der Waals surface area contributed by atoms with Crippen LogP contribution in [0.25, 0.3) is 16.0 Å². The van der Waals surface area contributed by atoms with Crippen LogP contribution in [0, 0.1) is 0 Å².